The standard InChI is InChI=1S/C49H92O12S/c1-3-5-7-9-11-13-15-17-19-21-23-25-27-29-31-33-35-37-44(50)58-39-42(40-59-49-48(54)47(53)46(52)43(61-49)41-62(55,56)57)60-45(51)38-36-34-32-30-28-26-24-22-20-18-16-14-12-10-8-6-4-2/h18,20,42-43,46-49,52-54H,3-17,19,21-41H2,1-2H3,(H,55,56,57)/b20-18-. The number of carbonyl (C=O) groups is 2. The molecule has 1 fully saturated rings. The molecular weight excluding hydrogens is 813 g/mol. The van der Waals surface area contributed by atoms with Gasteiger partial charge >= 0.3 is 11.9 Å². The number of aliphatic hydroxyl groups excluding tert-OH is 3. The van der Waals surface area contributed by atoms with Gasteiger partial charge in [-0.1, -0.05) is 193 Å². The minimum atomic E-state index is -4.60. The van der Waals surface area contributed by atoms with E-state index in [-0.39, 0.29) is 19.4 Å². The molecule has 0 spiro atoms. The number of aliphatic hydroxyl groups is 3. The van der Waals surface area contributed by atoms with E-state index < -0.39 is 71.2 Å². The molecule has 1 saturated heterocycles. The second-order valence-corrected chi connectivity index (χ2v) is 19.3. The van der Waals surface area contributed by atoms with Crippen molar-refractivity contribution in [3.8, 4) is 0 Å². The lowest BCUT2D eigenvalue weighted by molar-refractivity contribution is -0.297. The fourth-order valence-corrected chi connectivity index (χ4v) is 8.60. The smallest absolute Gasteiger partial charge is 0.306 e. The minimum Gasteiger partial charge on any atom is -0.462 e. The van der Waals surface area contributed by atoms with Crippen molar-refractivity contribution in [2.45, 2.75) is 269 Å². The van der Waals surface area contributed by atoms with Gasteiger partial charge in [0, 0.05) is 12.8 Å². The van der Waals surface area contributed by atoms with Gasteiger partial charge in [0.2, 0.25) is 0 Å². The highest BCUT2D eigenvalue weighted by Crippen LogP contribution is 2.24. The van der Waals surface area contributed by atoms with Crippen molar-refractivity contribution < 1.29 is 56.8 Å². The lowest BCUT2D eigenvalue weighted by Crippen LogP contribution is -2.60. The number of esters is 2. The van der Waals surface area contributed by atoms with Gasteiger partial charge in [0.15, 0.2) is 12.4 Å². The maximum absolute atomic E-state index is 12.9. The quantitative estimate of drug-likeness (QED) is 0.0197. The van der Waals surface area contributed by atoms with Gasteiger partial charge in [-0.2, -0.15) is 8.42 Å². The summed E-state index contributed by atoms with van der Waals surface area (Å²) in [6, 6.07) is 0. The Labute approximate surface area is 377 Å². The van der Waals surface area contributed by atoms with Gasteiger partial charge in [-0.15, -0.1) is 0 Å². The van der Waals surface area contributed by atoms with E-state index in [9.17, 15) is 37.9 Å². The molecule has 1 rings (SSSR count). The topological polar surface area (TPSA) is 186 Å². The van der Waals surface area contributed by atoms with E-state index in [2.05, 4.69) is 26.0 Å². The van der Waals surface area contributed by atoms with E-state index in [0.29, 0.717) is 12.8 Å². The van der Waals surface area contributed by atoms with Crippen LogP contribution in [0.1, 0.15) is 232 Å². The first kappa shape index (κ1) is 58.4. The first-order chi connectivity index (χ1) is 30.0. The average molecular weight is 905 g/mol. The van der Waals surface area contributed by atoms with Gasteiger partial charge in [-0.3, -0.25) is 14.1 Å². The molecule has 1 aliphatic heterocycles. The fraction of sp³-hybridized carbons (Fsp3) is 0.918. The van der Waals surface area contributed by atoms with Crippen LogP contribution in [0.3, 0.4) is 0 Å². The van der Waals surface area contributed by atoms with Crippen LogP contribution in [-0.4, -0.2) is 96.0 Å². The van der Waals surface area contributed by atoms with Crippen LogP contribution in [0.5, 0.6) is 0 Å². The molecule has 1 heterocycles. The second kappa shape index (κ2) is 39.7. The maximum Gasteiger partial charge on any atom is 0.306 e. The second-order valence-electron chi connectivity index (χ2n) is 17.8. The predicted molar refractivity (Wildman–Crippen MR) is 247 cm³/mol. The molecule has 0 aromatic heterocycles. The van der Waals surface area contributed by atoms with Crippen molar-refractivity contribution in [2.75, 3.05) is 19.0 Å². The first-order valence-corrected chi connectivity index (χ1v) is 26.9. The summed E-state index contributed by atoms with van der Waals surface area (Å²) >= 11 is 0. The van der Waals surface area contributed by atoms with Crippen molar-refractivity contribution in [1.82, 2.24) is 0 Å². The van der Waals surface area contributed by atoms with Crippen molar-refractivity contribution in [1.29, 1.82) is 0 Å². The van der Waals surface area contributed by atoms with Crippen molar-refractivity contribution in [3.05, 3.63) is 12.2 Å². The van der Waals surface area contributed by atoms with E-state index in [1.807, 2.05) is 0 Å². The Morgan fingerprint density at radius 1 is 0.532 bits per heavy atom. The molecule has 62 heavy (non-hydrogen) atoms. The molecule has 0 saturated carbocycles. The molecule has 0 radical (unpaired) electrons. The lowest BCUT2D eigenvalue weighted by atomic mass is 10.00. The Bertz CT molecular complexity index is 1200. The van der Waals surface area contributed by atoms with Gasteiger partial charge in [0.1, 0.15) is 36.8 Å². The Kier molecular flexibility index (Phi) is 37.4. The molecule has 13 heteroatoms. The third-order valence-corrected chi connectivity index (χ3v) is 12.6. The molecule has 0 aromatic rings. The molecule has 0 aromatic carbocycles. The van der Waals surface area contributed by atoms with Crippen LogP contribution in [0.15, 0.2) is 12.2 Å². The normalized spacial score (nSPS) is 19.9. The van der Waals surface area contributed by atoms with Crippen LogP contribution in [-0.2, 0) is 38.7 Å². The molecule has 4 N–H and O–H groups in total. The van der Waals surface area contributed by atoms with Crippen molar-refractivity contribution >= 4 is 22.1 Å². The molecular formula is C49H92O12S. The summed E-state index contributed by atoms with van der Waals surface area (Å²) in [6.45, 7) is 3.79. The first-order valence-electron chi connectivity index (χ1n) is 25.2. The minimum absolute atomic E-state index is 0.164. The number of unbranched alkanes of at least 4 members (excludes halogenated alkanes) is 29. The van der Waals surface area contributed by atoms with E-state index in [1.54, 1.807) is 0 Å². The van der Waals surface area contributed by atoms with Gasteiger partial charge < -0.3 is 34.3 Å². The van der Waals surface area contributed by atoms with Crippen LogP contribution in [0.2, 0.25) is 0 Å². The van der Waals surface area contributed by atoms with E-state index in [1.165, 1.54) is 141 Å². The largest absolute Gasteiger partial charge is 0.462 e. The number of carbonyl (C=O) groups excluding carboxylic acids is 2. The van der Waals surface area contributed by atoms with Crippen LogP contribution >= 0.6 is 0 Å². The van der Waals surface area contributed by atoms with Crippen molar-refractivity contribution in [3.63, 3.8) is 0 Å². The highest BCUT2D eigenvalue weighted by Gasteiger charge is 2.46. The van der Waals surface area contributed by atoms with E-state index in [4.69, 9.17) is 18.9 Å². The zero-order valence-corrected chi connectivity index (χ0v) is 40.1. The molecule has 12 nitrogen and oxygen atoms in total. The van der Waals surface area contributed by atoms with E-state index >= 15 is 0 Å². The molecule has 0 amide bonds. The zero-order valence-electron chi connectivity index (χ0n) is 39.2. The van der Waals surface area contributed by atoms with Gasteiger partial charge in [-0.05, 0) is 38.5 Å². The van der Waals surface area contributed by atoms with Gasteiger partial charge in [0.05, 0.1) is 6.61 Å². The molecule has 1 aliphatic rings. The molecule has 6 atom stereocenters. The third-order valence-electron chi connectivity index (χ3n) is 11.8. The average Bonchev–Trinajstić information content (AvgIpc) is 3.24. The zero-order chi connectivity index (χ0) is 45.5. The Balaban J connectivity index is 2.38. The maximum atomic E-state index is 12.9. The lowest BCUT2D eigenvalue weighted by Gasteiger charge is -2.40. The van der Waals surface area contributed by atoms with E-state index in [0.717, 1.165) is 51.4 Å². The Morgan fingerprint density at radius 2 is 0.919 bits per heavy atom. The summed E-state index contributed by atoms with van der Waals surface area (Å²) in [7, 11) is -4.60. The SMILES string of the molecule is CCCCCCCC/C=C\CCCCCCCCCC(=O)OC(COC(=O)CCCCCCCCCCCCCCCCCCC)COC1OC(CS(=O)(=O)O)C(O)C(O)C1O. The van der Waals surface area contributed by atoms with Crippen LogP contribution in [0.4, 0.5) is 0 Å². The number of hydrogen-bond acceptors (Lipinski definition) is 11. The summed E-state index contributed by atoms with van der Waals surface area (Å²) in [5, 5.41) is 30.9. The van der Waals surface area contributed by atoms with Gasteiger partial charge in [0.25, 0.3) is 10.1 Å². The van der Waals surface area contributed by atoms with Gasteiger partial charge in [-0.25, -0.2) is 0 Å². The third kappa shape index (κ3) is 33.8. The summed E-state index contributed by atoms with van der Waals surface area (Å²) in [5.41, 5.74) is 0. The Hall–Kier alpha value is -1.61. The number of rotatable bonds is 43. The predicted octanol–water partition coefficient (Wildman–Crippen LogP) is 11.0. The molecule has 0 aliphatic carbocycles. The fourth-order valence-electron chi connectivity index (χ4n) is 7.91. The summed E-state index contributed by atoms with van der Waals surface area (Å²) < 4.78 is 54.2. The summed E-state index contributed by atoms with van der Waals surface area (Å²) in [4.78, 5) is 25.5. The summed E-state index contributed by atoms with van der Waals surface area (Å²) in [5.74, 6) is -1.97. The van der Waals surface area contributed by atoms with Crippen molar-refractivity contribution in [2.24, 2.45) is 0 Å². The molecule has 6 unspecified atom stereocenters. The highest BCUT2D eigenvalue weighted by molar-refractivity contribution is 7.85. The molecule has 366 valence electrons. The number of hydrogen-bond donors (Lipinski definition) is 4. The van der Waals surface area contributed by atoms with Crippen LogP contribution in [0, 0.1) is 0 Å². The highest BCUT2D eigenvalue weighted by atomic mass is 32.2. The number of allylic oxidation sites excluding steroid dienone is 2. The summed E-state index contributed by atoms with van der Waals surface area (Å²) in [6.07, 6.45) is 33.9. The Morgan fingerprint density at radius 3 is 1.34 bits per heavy atom. The van der Waals surface area contributed by atoms with Crippen LogP contribution < -0.4 is 0 Å². The molecule has 0 bridgehead atoms. The van der Waals surface area contributed by atoms with Crippen LogP contribution in [0.25, 0.3) is 0 Å². The monoisotopic (exact) mass is 905 g/mol. The number of ether oxygens (including phenoxy) is 4.